The summed E-state index contributed by atoms with van der Waals surface area (Å²) in [5.41, 5.74) is 3.14. The van der Waals surface area contributed by atoms with Crippen molar-refractivity contribution in [2.75, 3.05) is 7.11 Å². The van der Waals surface area contributed by atoms with Crippen molar-refractivity contribution in [2.24, 2.45) is 0 Å². The Bertz CT molecular complexity index is 855. The van der Waals surface area contributed by atoms with Gasteiger partial charge in [-0.3, -0.25) is 4.57 Å². The number of benzene rings is 1. The zero-order valence-corrected chi connectivity index (χ0v) is 12.4. The van der Waals surface area contributed by atoms with E-state index in [9.17, 15) is 0 Å². The molecule has 0 unspecified atom stereocenters. The lowest BCUT2D eigenvalue weighted by Gasteiger charge is -2.07. The number of rotatable bonds is 2. The number of nitrogens with zero attached hydrogens (tertiary/aromatic N) is 3. The molecule has 0 bridgehead atoms. The van der Waals surface area contributed by atoms with E-state index in [-0.39, 0.29) is 0 Å². The molecule has 1 aromatic carbocycles. The molecule has 0 fully saturated rings. The Balaban J connectivity index is 2.37. The third-order valence-corrected chi connectivity index (χ3v) is 3.56. The molecule has 3 rings (SSSR count). The quantitative estimate of drug-likeness (QED) is 0.737. The number of nitrogens with one attached hydrogen (secondary N) is 1. The van der Waals surface area contributed by atoms with Crippen molar-refractivity contribution in [3.8, 4) is 11.6 Å². The van der Waals surface area contributed by atoms with E-state index in [4.69, 9.17) is 28.6 Å². The molecule has 0 aliphatic heterocycles. The monoisotopic (exact) mass is 306 g/mol. The number of fused-ring (bicyclic) bond motifs is 1. The summed E-state index contributed by atoms with van der Waals surface area (Å²) in [4.78, 5) is 11.4. The molecule has 1 N–H and O–H groups in total. The van der Waals surface area contributed by atoms with Crippen LogP contribution in [0, 0.1) is 11.7 Å². The van der Waals surface area contributed by atoms with Crippen LogP contribution in [0.1, 0.15) is 5.56 Å². The predicted molar refractivity (Wildman–Crippen MR) is 80.3 cm³/mol. The van der Waals surface area contributed by atoms with Crippen LogP contribution in [0.5, 0.6) is 5.88 Å². The van der Waals surface area contributed by atoms with Crippen LogP contribution in [-0.2, 0) is 0 Å². The number of halogens is 1. The second kappa shape index (κ2) is 4.88. The van der Waals surface area contributed by atoms with Gasteiger partial charge in [0.15, 0.2) is 10.4 Å². The summed E-state index contributed by atoms with van der Waals surface area (Å²) >= 11 is 11.7. The van der Waals surface area contributed by atoms with E-state index in [0.29, 0.717) is 26.8 Å². The minimum atomic E-state index is 0.447. The Morgan fingerprint density at radius 2 is 2.15 bits per heavy atom. The van der Waals surface area contributed by atoms with Gasteiger partial charge in [-0.1, -0.05) is 17.7 Å². The molecule has 0 spiro atoms. The number of methoxy groups -OCH3 is 1. The summed E-state index contributed by atoms with van der Waals surface area (Å²) in [5, 5.41) is 0.611. The number of imidazole rings is 1. The lowest BCUT2D eigenvalue weighted by molar-refractivity contribution is 0.401. The van der Waals surface area contributed by atoms with Gasteiger partial charge in [0.1, 0.15) is 11.8 Å². The molecule has 3 aromatic rings. The molecule has 20 heavy (non-hydrogen) atoms. The number of H-pyrrole nitrogens is 1. The van der Waals surface area contributed by atoms with Crippen LogP contribution in [0.2, 0.25) is 5.02 Å². The van der Waals surface area contributed by atoms with Crippen LogP contribution in [0.3, 0.4) is 0 Å². The minimum Gasteiger partial charge on any atom is -0.479 e. The summed E-state index contributed by atoms with van der Waals surface area (Å²) in [6.07, 6.45) is 1.43. The van der Waals surface area contributed by atoms with E-state index in [1.165, 1.54) is 6.33 Å². The van der Waals surface area contributed by atoms with Gasteiger partial charge < -0.3 is 9.72 Å². The SMILES string of the molecule is COc1ncnc2c1[nH]c(=S)n2-c1ccc(C)cc1Cl. The normalized spacial score (nSPS) is 10.9. The van der Waals surface area contributed by atoms with Crippen molar-refractivity contribution >= 4 is 35.0 Å². The second-order valence-corrected chi connectivity index (χ2v) is 5.10. The van der Waals surface area contributed by atoms with Crippen LogP contribution >= 0.6 is 23.8 Å². The van der Waals surface area contributed by atoms with Crippen LogP contribution in [0.4, 0.5) is 0 Å². The van der Waals surface area contributed by atoms with Crippen LogP contribution in [-0.4, -0.2) is 26.6 Å². The molecule has 2 aromatic heterocycles. The van der Waals surface area contributed by atoms with Crippen molar-refractivity contribution in [2.45, 2.75) is 6.92 Å². The van der Waals surface area contributed by atoms with Gasteiger partial charge in [0, 0.05) is 0 Å². The number of aromatic nitrogens is 4. The first-order valence-electron chi connectivity index (χ1n) is 5.88. The first-order chi connectivity index (χ1) is 9.61. The van der Waals surface area contributed by atoms with Crippen LogP contribution in [0.15, 0.2) is 24.5 Å². The smallest absolute Gasteiger partial charge is 0.242 e. The van der Waals surface area contributed by atoms with E-state index >= 15 is 0 Å². The van der Waals surface area contributed by atoms with Crippen LogP contribution in [0.25, 0.3) is 16.9 Å². The maximum Gasteiger partial charge on any atom is 0.242 e. The fourth-order valence-electron chi connectivity index (χ4n) is 2.07. The fourth-order valence-corrected chi connectivity index (χ4v) is 2.68. The average molecular weight is 307 g/mol. The molecule has 2 heterocycles. The summed E-state index contributed by atoms with van der Waals surface area (Å²) in [7, 11) is 1.55. The molecule has 0 atom stereocenters. The summed E-state index contributed by atoms with van der Waals surface area (Å²) in [6, 6.07) is 5.77. The Hall–Kier alpha value is -1.92. The molecule has 0 saturated heterocycles. The van der Waals surface area contributed by atoms with Crippen molar-refractivity contribution in [3.63, 3.8) is 0 Å². The lowest BCUT2D eigenvalue weighted by atomic mass is 10.2. The maximum absolute atomic E-state index is 6.31. The standard InChI is InChI=1S/C13H11ClN4OS/c1-7-3-4-9(8(14)5-7)18-11-10(17-13(18)20)12(19-2)16-6-15-11/h3-6H,1-2H3,(H,17,20). The van der Waals surface area contributed by atoms with Gasteiger partial charge in [0.25, 0.3) is 0 Å². The van der Waals surface area contributed by atoms with Gasteiger partial charge in [-0.15, -0.1) is 0 Å². The number of aromatic amines is 1. The highest BCUT2D eigenvalue weighted by molar-refractivity contribution is 7.71. The second-order valence-electron chi connectivity index (χ2n) is 4.30. The maximum atomic E-state index is 6.31. The van der Waals surface area contributed by atoms with E-state index in [1.54, 1.807) is 11.7 Å². The summed E-state index contributed by atoms with van der Waals surface area (Å²) < 4.78 is 7.47. The fraction of sp³-hybridized carbons (Fsp3) is 0.154. The van der Waals surface area contributed by atoms with E-state index in [0.717, 1.165) is 11.3 Å². The molecule has 5 nitrogen and oxygen atoms in total. The molecule has 0 amide bonds. The van der Waals surface area contributed by atoms with Gasteiger partial charge in [-0.05, 0) is 36.8 Å². The number of aryl methyl sites for hydroxylation is 1. The minimum absolute atomic E-state index is 0.447. The van der Waals surface area contributed by atoms with Gasteiger partial charge in [-0.25, -0.2) is 4.98 Å². The third kappa shape index (κ3) is 1.97. The molecular weight excluding hydrogens is 296 g/mol. The molecule has 0 aliphatic carbocycles. The first kappa shape index (κ1) is 13.1. The zero-order valence-electron chi connectivity index (χ0n) is 10.8. The predicted octanol–water partition coefficient (Wildman–Crippen LogP) is 3.45. The summed E-state index contributed by atoms with van der Waals surface area (Å²) in [6.45, 7) is 1.98. The Labute approximate surface area is 125 Å². The Morgan fingerprint density at radius 1 is 1.35 bits per heavy atom. The first-order valence-corrected chi connectivity index (χ1v) is 6.66. The zero-order chi connectivity index (χ0) is 14.3. The van der Waals surface area contributed by atoms with E-state index < -0.39 is 0 Å². The van der Waals surface area contributed by atoms with Crippen molar-refractivity contribution in [1.29, 1.82) is 0 Å². The molecule has 0 aliphatic rings. The molecule has 0 saturated carbocycles. The molecule has 0 radical (unpaired) electrons. The molecule has 102 valence electrons. The molecule has 7 heteroatoms. The number of ether oxygens (including phenoxy) is 1. The Kier molecular flexibility index (Phi) is 3.19. The highest BCUT2D eigenvalue weighted by atomic mass is 35.5. The van der Waals surface area contributed by atoms with E-state index in [2.05, 4.69) is 15.0 Å². The highest BCUT2D eigenvalue weighted by Crippen LogP contribution is 2.27. The largest absolute Gasteiger partial charge is 0.479 e. The van der Waals surface area contributed by atoms with E-state index in [1.807, 2.05) is 25.1 Å². The average Bonchev–Trinajstić information content (AvgIpc) is 2.75. The van der Waals surface area contributed by atoms with Gasteiger partial charge in [-0.2, -0.15) is 4.98 Å². The van der Waals surface area contributed by atoms with Crippen molar-refractivity contribution in [3.05, 3.63) is 39.9 Å². The van der Waals surface area contributed by atoms with Crippen molar-refractivity contribution < 1.29 is 4.74 Å². The Morgan fingerprint density at radius 3 is 2.85 bits per heavy atom. The third-order valence-electron chi connectivity index (χ3n) is 2.98. The topological polar surface area (TPSA) is 55.7 Å². The number of hydrogen-bond donors (Lipinski definition) is 1. The number of hydrogen-bond acceptors (Lipinski definition) is 4. The van der Waals surface area contributed by atoms with Crippen LogP contribution < -0.4 is 4.74 Å². The van der Waals surface area contributed by atoms with Gasteiger partial charge in [0.05, 0.1) is 17.8 Å². The van der Waals surface area contributed by atoms with Gasteiger partial charge in [0.2, 0.25) is 5.88 Å². The van der Waals surface area contributed by atoms with Gasteiger partial charge >= 0.3 is 0 Å². The highest BCUT2D eigenvalue weighted by Gasteiger charge is 2.14. The lowest BCUT2D eigenvalue weighted by Crippen LogP contribution is -1.98. The molecular formula is C13H11ClN4OS. The van der Waals surface area contributed by atoms with Crippen molar-refractivity contribution in [1.82, 2.24) is 19.5 Å². The summed E-state index contributed by atoms with van der Waals surface area (Å²) in [5.74, 6) is 0.447.